The van der Waals surface area contributed by atoms with Crippen LogP contribution in [0.3, 0.4) is 0 Å². The number of halogens is 4. The molecule has 98 valence electrons. The molecule has 1 aliphatic heterocycles. The van der Waals surface area contributed by atoms with Crippen LogP contribution in [0.1, 0.15) is 24.8 Å². The molecule has 0 atom stereocenters. The van der Waals surface area contributed by atoms with Crippen LogP contribution in [0.4, 0.5) is 18.9 Å². The van der Waals surface area contributed by atoms with Crippen molar-refractivity contribution in [2.45, 2.75) is 25.4 Å². The quantitative estimate of drug-likeness (QED) is 0.811. The lowest BCUT2D eigenvalue weighted by Gasteiger charge is -2.18. The molecule has 0 saturated heterocycles. The Balaban J connectivity index is 2.29. The van der Waals surface area contributed by atoms with Crippen molar-refractivity contribution < 1.29 is 13.2 Å². The second-order valence-electron chi connectivity index (χ2n) is 4.10. The molecule has 0 saturated carbocycles. The van der Waals surface area contributed by atoms with Gasteiger partial charge in [-0.05, 0) is 31.0 Å². The van der Waals surface area contributed by atoms with E-state index in [0.29, 0.717) is 23.3 Å². The van der Waals surface area contributed by atoms with E-state index in [1.807, 2.05) is 0 Å². The Bertz CT molecular complexity index is 469. The zero-order valence-corrected chi connectivity index (χ0v) is 11.1. The number of nitrogens with one attached hydrogen (secondary N) is 1. The number of benzene rings is 1. The Morgan fingerprint density at radius 3 is 2.61 bits per heavy atom. The molecule has 1 aromatic carbocycles. The minimum absolute atomic E-state index is 0.0614. The molecule has 2 nitrogen and oxygen atoms in total. The van der Waals surface area contributed by atoms with Gasteiger partial charge in [-0.3, -0.25) is 4.99 Å². The van der Waals surface area contributed by atoms with Crippen molar-refractivity contribution in [3.05, 3.63) is 28.2 Å². The SMILES string of the molecule is FC(F)(F)c1cc(Br)ccc1NC1=NCCCC1. The topological polar surface area (TPSA) is 24.4 Å². The predicted octanol–water partition coefficient (Wildman–Crippen LogP) is 4.46. The molecule has 1 aromatic rings. The van der Waals surface area contributed by atoms with Crippen molar-refractivity contribution in [1.82, 2.24) is 0 Å². The number of nitrogens with zero attached hydrogens (tertiary/aromatic N) is 1. The summed E-state index contributed by atoms with van der Waals surface area (Å²) in [5.74, 6) is 0.633. The van der Waals surface area contributed by atoms with Gasteiger partial charge in [-0.1, -0.05) is 15.9 Å². The van der Waals surface area contributed by atoms with Crippen molar-refractivity contribution in [2.24, 2.45) is 4.99 Å². The highest BCUT2D eigenvalue weighted by Crippen LogP contribution is 2.36. The Kier molecular flexibility index (Phi) is 3.94. The second-order valence-corrected chi connectivity index (χ2v) is 5.01. The summed E-state index contributed by atoms with van der Waals surface area (Å²) >= 11 is 3.06. The van der Waals surface area contributed by atoms with E-state index in [4.69, 9.17) is 0 Å². The largest absolute Gasteiger partial charge is 0.418 e. The molecule has 0 amide bonds. The van der Waals surface area contributed by atoms with Crippen LogP contribution in [0.5, 0.6) is 0 Å². The first-order chi connectivity index (χ1) is 8.47. The molecule has 0 bridgehead atoms. The molecule has 0 aromatic heterocycles. The number of alkyl halides is 3. The maximum Gasteiger partial charge on any atom is 0.418 e. The van der Waals surface area contributed by atoms with E-state index < -0.39 is 11.7 Å². The van der Waals surface area contributed by atoms with Crippen LogP contribution in [-0.2, 0) is 6.18 Å². The van der Waals surface area contributed by atoms with Crippen LogP contribution >= 0.6 is 15.9 Å². The maximum absolute atomic E-state index is 12.9. The summed E-state index contributed by atoms with van der Waals surface area (Å²) in [7, 11) is 0. The average molecular weight is 321 g/mol. The minimum Gasteiger partial charge on any atom is -0.344 e. The number of hydrogen-bond donors (Lipinski definition) is 1. The fourth-order valence-corrected chi connectivity index (χ4v) is 2.18. The fourth-order valence-electron chi connectivity index (χ4n) is 1.81. The van der Waals surface area contributed by atoms with E-state index in [-0.39, 0.29) is 5.69 Å². The summed E-state index contributed by atoms with van der Waals surface area (Å²) in [5, 5.41) is 2.79. The summed E-state index contributed by atoms with van der Waals surface area (Å²) < 4.78 is 39.1. The number of amidine groups is 1. The molecule has 0 aliphatic carbocycles. The van der Waals surface area contributed by atoms with Crippen molar-refractivity contribution in [3.8, 4) is 0 Å². The van der Waals surface area contributed by atoms with Crippen molar-refractivity contribution in [3.63, 3.8) is 0 Å². The first-order valence-electron chi connectivity index (χ1n) is 5.64. The van der Waals surface area contributed by atoms with E-state index in [1.165, 1.54) is 6.07 Å². The Morgan fingerprint density at radius 2 is 2.00 bits per heavy atom. The molecule has 1 heterocycles. The fraction of sp³-hybridized carbons (Fsp3) is 0.417. The van der Waals surface area contributed by atoms with Crippen LogP contribution in [-0.4, -0.2) is 12.4 Å². The van der Waals surface area contributed by atoms with E-state index in [0.717, 1.165) is 18.9 Å². The zero-order chi connectivity index (χ0) is 13.2. The van der Waals surface area contributed by atoms with Gasteiger partial charge in [-0.25, -0.2) is 0 Å². The van der Waals surface area contributed by atoms with E-state index in [9.17, 15) is 13.2 Å². The highest BCUT2D eigenvalue weighted by Gasteiger charge is 2.34. The molecular formula is C12H12BrF3N2. The standard InChI is InChI=1S/C12H12BrF3N2/c13-8-4-5-10(9(7-8)12(14,15)16)18-11-3-1-2-6-17-11/h4-5,7H,1-3,6H2,(H,17,18). The van der Waals surface area contributed by atoms with Crippen LogP contribution in [0.15, 0.2) is 27.7 Å². The van der Waals surface area contributed by atoms with Gasteiger partial charge < -0.3 is 5.32 Å². The average Bonchev–Trinajstić information content (AvgIpc) is 2.31. The molecule has 0 spiro atoms. The molecule has 1 N–H and O–H groups in total. The van der Waals surface area contributed by atoms with Gasteiger partial charge in [0, 0.05) is 17.4 Å². The van der Waals surface area contributed by atoms with E-state index in [1.54, 1.807) is 6.07 Å². The van der Waals surface area contributed by atoms with Crippen LogP contribution in [0.2, 0.25) is 0 Å². The summed E-state index contributed by atoms with van der Waals surface area (Å²) in [4.78, 5) is 4.20. The number of hydrogen-bond acceptors (Lipinski definition) is 2. The molecule has 0 fully saturated rings. The van der Waals surface area contributed by atoms with Gasteiger partial charge in [0.25, 0.3) is 0 Å². The zero-order valence-electron chi connectivity index (χ0n) is 9.52. The Labute approximate surface area is 111 Å². The number of anilines is 1. The third-order valence-corrected chi connectivity index (χ3v) is 3.18. The smallest absolute Gasteiger partial charge is 0.344 e. The molecular weight excluding hydrogens is 309 g/mol. The van der Waals surface area contributed by atoms with Gasteiger partial charge in [0.05, 0.1) is 11.3 Å². The lowest BCUT2D eigenvalue weighted by atomic mass is 10.1. The summed E-state index contributed by atoms with van der Waals surface area (Å²) in [6.07, 6.45) is -1.71. The van der Waals surface area contributed by atoms with Crippen LogP contribution < -0.4 is 5.32 Å². The molecule has 1 aliphatic rings. The van der Waals surface area contributed by atoms with Gasteiger partial charge in [-0.2, -0.15) is 13.2 Å². The minimum atomic E-state index is -4.37. The van der Waals surface area contributed by atoms with Crippen LogP contribution in [0.25, 0.3) is 0 Å². The van der Waals surface area contributed by atoms with Gasteiger partial charge in [0.15, 0.2) is 0 Å². The lowest BCUT2D eigenvalue weighted by molar-refractivity contribution is -0.136. The Hall–Kier alpha value is -1.04. The van der Waals surface area contributed by atoms with Crippen molar-refractivity contribution in [2.75, 3.05) is 11.9 Å². The Morgan fingerprint density at radius 1 is 1.22 bits per heavy atom. The number of rotatable bonds is 1. The first kappa shape index (κ1) is 13.4. The summed E-state index contributed by atoms with van der Waals surface area (Å²) in [6, 6.07) is 4.08. The monoisotopic (exact) mass is 320 g/mol. The van der Waals surface area contributed by atoms with Gasteiger partial charge in [0.1, 0.15) is 5.84 Å². The third-order valence-electron chi connectivity index (χ3n) is 2.69. The third kappa shape index (κ3) is 3.25. The van der Waals surface area contributed by atoms with E-state index in [2.05, 4.69) is 26.2 Å². The lowest BCUT2D eigenvalue weighted by Crippen LogP contribution is -2.19. The molecule has 6 heteroatoms. The molecule has 0 radical (unpaired) electrons. The van der Waals surface area contributed by atoms with Crippen LogP contribution in [0, 0.1) is 0 Å². The maximum atomic E-state index is 12.9. The highest BCUT2D eigenvalue weighted by atomic mass is 79.9. The van der Waals surface area contributed by atoms with Gasteiger partial charge in [0.2, 0.25) is 0 Å². The number of aliphatic imine (C=N–C) groups is 1. The summed E-state index contributed by atoms with van der Waals surface area (Å²) in [6.45, 7) is 0.681. The van der Waals surface area contributed by atoms with Crippen molar-refractivity contribution >= 4 is 27.5 Å². The second kappa shape index (κ2) is 5.30. The van der Waals surface area contributed by atoms with Gasteiger partial charge in [-0.15, -0.1) is 0 Å². The molecule has 18 heavy (non-hydrogen) atoms. The van der Waals surface area contributed by atoms with E-state index >= 15 is 0 Å². The molecule has 0 unspecified atom stereocenters. The predicted molar refractivity (Wildman–Crippen MR) is 68.9 cm³/mol. The van der Waals surface area contributed by atoms with Crippen molar-refractivity contribution in [1.29, 1.82) is 0 Å². The summed E-state index contributed by atoms with van der Waals surface area (Å²) in [5.41, 5.74) is -0.614. The normalized spacial score (nSPS) is 16.3. The van der Waals surface area contributed by atoms with Gasteiger partial charge >= 0.3 is 6.18 Å². The highest BCUT2D eigenvalue weighted by molar-refractivity contribution is 9.10. The molecule has 2 rings (SSSR count). The first-order valence-corrected chi connectivity index (χ1v) is 6.43.